The van der Waals surface area contributed by atoms with Crippen LogP contribution in [0.25, 0.3) is 6.08 Å². The van der Waals surface area contributed by atoms with Gasteiger partial charge in [-0.25, -0.2) is 0 Å². The van der Waals surface area contributed by atoms with Crippen molar-refractivity contribution in [2.24, 2.45) is 5.92 Å². The average Bonchev–Trinajstić information content (AvgIpc) is 2.69. The first kappa shape index (κ1) is 15.1. The highest BCUT2D eigenvalue weighted by Gasteiger charge is 2.21. The molecule has 1 amide bonds. The van der Waals surface area contributed by atoms with E-state index < -0.39 is 0 Å². The average molecular weight is 307 g/mol. The SMILES string of the molecule is CC(C)CCOc1ccc(C=C2SC(=S)NC2=O)cc1. The molecule has 1 heterocycles. The Kier molecular flexibility index (Phi) is 5.20. The first-order valence-corrected chi connectivity index (χ1v) is 7.75. The quantitative estimate of drug-likeness (QED) is 0.666. The van der Waals surface area contributed by atoms with Gasteiger partial charge < -0.3 is 10.1 Å². The van der Waals surface area contributed by atoms with Crippen molar-refractivity contribution in [1.29, 1.82) is 0 Å². The highest BCUT2D eigenvalue weighted by Crippen LogP contribution is 2.26. The molecule has 0 radical (unpaired) electrons. The molecule has 1 saturated heterocycles. The fraction of sp³-hybridized carbons (Fsp3) is 0.333. The molecule has 1 aliphatic heterocycles. The van der Waals surface area contributed by atoms with E-state index >= 15 is 0 Å². The summed E-state index contributed by atoms with van der Waals surface area (Å²) in [5.74, 6) is 1.37. The minimum Gasteiger partial charge on any atom is -0.494 e. The number of hydrogen-bond donors (Lipinski definition) is 1. The molecule has 0 atom stereocenters. The van der Waals surface area contributed by atoms with Gasteiger partial charge in [0.1, 0.15) is 10.1 Å². The van der Waals surface area contributed by atoms with Crippen molar-refractivity contribution in [3.05, 3.63) is 34.7 Å². The maximum absolute atomic E-state index is 11.5. The molecule has 1 N–H and O–H groups in total. The second kappa shape index (κ2) is 6.90. The molecule has 5 heteroatoms. The Morgan fingerprint density at radius 1 is 1.35 bits per heavy atom. The predicted molar refractivity (Wildman–Crippen MR) is 87.7 cm³/mol. The van der Waals surface area contributed by atoms with Gasteiger partial charge in [0.25, 0.3) is 5.91 Å². The van der Waals surface area contributed by atoms with Crippen LogP contribution in [0.5, 0.6) is 5.75 Å². The summed E-state index contributed by atoms with van der Waals surface area (Å²) in [5.41, 5.74) is 0.962. The van der Waals surface area contributed by atoms with Crippen molar-refractivity contribution in [3.63, 3.8) is 0 Å². The van der Waals surface area contributed by atoms with Crippen LogP contribution in [0.15, 0.2) is 29.2 Å². The molecule has 3 nitrogen and oxygen atoms in total. The Balaban J connectivity index is 1.96. The van der Waals surface area contributed by atoms with Crippen LogP contribution >= 0.6 is 24.0 Å². The van der Waals surface area contributed by atoms with Crippen LogP contribution in [0.1, 0.15) is 25.8 Å². The lowest BCUT2D eigenvalue weighted by Gasteiger charge is -2.08. The second-order valence-corrected chi connectivity index (χ2v) is 6.67. The number of ether oxygens (including phenoxy) is 1. The van der Waals surface area contributed by atoms with Crippen LogP contribution in [0.4, 0.5) is 0 Å². The Morgan fingerprint density at radius 3 is 2.60 bits per heavy atom. The second-order valence-electron chi connectivity index (χ2n) is 4.95. The summed E-state index contributed by atoms with van der Waals surface area (Å²) in [5, 5.41) is 2.60. The minimum atomic E-state index is -0.128. The first-order chi connectivity index (χ1) is 9.54. The van der Waals surface area contributed by atoms with Gasteiger partial charge >= 0.3 is 0 Å². The monoisotopic (exact) mass is 307 g/mol. The maximum Gasteiger partial charge on any atom is 0.263 e. The smallest absolute Gasteiger partial charge is 0.263 e. The van der Waals surface area contributed by atoms with Gasteiger partial charge in [-0.15, -0.1) is 0 Å². The number of nitrogens with one attached hydrogen (secondary N) is 1. The number of thiocarbonyl (C=S) groups is 1. The third-order valence-corrected chi connectivity index (χ3v) is 3.95. The van der Waals surface area contributed by atoms with E-state index in [1.807, 2.05) is 30.3 Å². The highest BCUT2D eigenvalue weighted by molar-refractivity contribution is 8.26. The molecule has 1 fully saturated rings. The molecule has 0 unspecified atom stereocenters. The van der Waals surface area contributed by atoms with Gasteiger partial charge in [0.05, 0.1) is 11.5 Å². The summed E-state index contributed by atoms with van der Waals surface area (Å²) >= 11 is 6.24. The van der Waals surface area contributed by atoms with E-state index in [1.54, 1.807) is 0 Å². The van der Waals surface area contributed by atoms with Crippen molar-refractivity contribution in [3.8, 4) is 5.75 Å². The lowest BCUT2D eigenvalue weighted by Crippen LogP contribution is -2.17. The van der Waals surface area contributed by atoms with E-state index in [0.29, 0.717) is 15.1 Å². The molecule has 0 spiro atoms. The van der Waals surface area contributed by atoms with Gasteiger partial charge in [-0.1, -0.05) is 50.0 Å². The van der Waals surface area contributed by atoms with Crippen molar-refractivity contribution >= 4 is 40.3 Å². The van der Waals surface area contributed by atoms with E-state index in [2.05, 4.69) is 19.2 Å². The summed E-state index contributed by atoms with van der Waals surface area (Å²) in [6, 6.07) is 7.71. The summed E-state index contributed by atoms with van der Waals surface area (Å²) in [4.78, 5) is 12.2. The highest BCUT2D eigenvalue weighted by atomic mass is 32.2. The van der Waals surface area contributed by atoms with Crippen molar-refractivity contribution < 1.29 is 9.53 Å². The number of carbonyl (C=O) groups excluding carboxylic acids is 1. The van der Waals surface area contributed by atoms with Crippen molar-refractivity contribution in [2.75, 3.05) is 6.61 Å². The summed E-state index contributed by atoms with van der Waals surface area (Å²) in [7, 11) is 0. The van der Waals surface area contributed by atoms with Gasteiger partial charge in [0, 0.05) is 0 Å². The van der Waals surface area contributed by atoms with Crippen LogP contribution < -0.4 is 10.1 Å². The number of thioether (sulfide) groups is 1. The molecule has 2 rings (SSSR count). The van der Waals surface area contributed by atoms with Crippen LogP contribution in [0.3, 0.4) is 0 Å². The number of hydrogen-bond acceptors (Lipinski definition) is 4. The Hall–Kier alpha value is -1.33. The first-order valence-electron chi connectivity index (χ1n) is 6.52. The zero-order chi connectivity index (χ0) is 14.5. The Labute approximate surface area is 128 Å². The molecule has 106 valence electrons. The molecule has 0 bridgehead atoms. The summed E-state index contributed by atoms with van der Waals surface area (Å²) < 4.78 is 6.16. The number of carbonyl (C=O) groups is 1. The van der Waals surface area contributed by atoms with Crippen LogP contribution in [0, 0.1) is 5.92 Å². The maximum atomic E-state index is 11.5. The van der Waals surface area contributed by atoms with Crippen LogP contribution in [-0.2, 0) is 4.79 Å². The molecule has 20 heavy (non-hydrogen) atoms. The van der Waals surface area contributed by atoms with Crippen LogP contribution in [0.2, 0.25) is 0 Å². The zero-order valence-electron chi connectivity index (χ0n) is 11.5. The number of amides is 1. The standard InChI is InChI=1S/C15H17NO2S2/c1-10(2)7-8-18-12-5-3-11(4-6-12)9-13-14(17)16-15(19)20-13/h3-6,9-10H,7-8H2,1-2H3,(H,16,17,19). The van der Waals surface area contributed by atoms with Gasteiger partial charge in [-0.3, -0.25) is 4.79 Å². The lowest BCUT2D eigenvalue weighted by molar-refractivity contribution is -0.115. The van der Waals surface area contributed by atoms with E-state index in [1.165, 1.54) is 11.8 Å². The molecule has 1 aromatic rings. The van der Waals surface area contributed by atoms with Gasteiger partial charge in [-0.2, -0.15) is 0 Å². The third kappa shape index (κ3) is 4.35. The fourth-order valence-corrected chi connectivity index (χ4v) is 2.69. The molecule has 0 aromatic heterocycles. The van der Waals surface area contributed by atoms with Crippen LogP contribution in [-0.4, -0.2) is 16.8 Å². The minimum absolute atomic E-state index is 0.128. The number of benzene rings is 1. The van der Waals surface area contributed by atoms with Crippen molar-refractivity contribution in [2.45, 2.75) is 20.3 Å². The molecule has 0 aliphatic carbocycles. The number of rotatable bonds is 5. The van der Waals surface area contributed by atoms with Gasteiger partial charge in [-0.05, 0) is 36.1 Å². The van der Waals surface area contributed by atoms with E-state index in [-0.39, 0.29) is 5.91 Å². The van der Waals surface area contributed by atoms with Gasteiger partial charge in [0.15, 0.2) is 0 Å². The van der Waals surface area contributed by atoms with Crippen molar-refractivity contribution in [1.82, 2.24) is 5.32 Å². The fourth-order valence-electron chi connectivity index (χ4n) is 1.65. The van der Waals surface area contributed by atoms with E-state index in [0.717, 1.165) is 24.3 Å². The normalized spacial score (nSPS) is 16.9. The summed E-state index contributed by atoms with van der Waals surface area (Å²) in [6.07, 6.45) is 2.87. The Bertz CT molecular complexity index is 535. The lowest BCUT2D eigenvalue weighted by atomic mass is 10.1. The topological polar surface area (TPSA) is 38.3 Å². The Morgan fingerprint density at radius 2 is 2.05 bits per heavy atom. The molecular weight excluding hydrogens is 290 g/mol. The van der Waals surface area contributed by atoms with E-state index in [9.17, 15) is 4.79 Å². The van der Waals surface area contributed by atoms with Gasteiger partial charge in [0.2, 0.25) is 0 Å². The molecular formula is C15H17NO2S2. The molecule has 1 aromatic carbocycles. The third-order valence-electron chi connectivity index (χ3n) is 2.78. The zero-order valence-corrected chi connectivity index (χ0v) is 13.1. The summed E-state index contributed by atoms with van der Waals surface area (Å²) in [6.45, 7) is 5.07. The van der Waals surface area contributed by atoms with E-state index in [4.69, 9.17) is 17.0 Å². The predicted octanol–water partition coefficient (Wildman–Crippen LogP) is 3.60. The largest absolute Gasteiger partial charge is 0.494 e. The molecule has 1 aliphatic rings. The molecule has 0 saturated carbocycles.